The molecule has 0 N–H and O–H groups in total. The third-order valence-corrected chi connectivity index (χ3v) is 2.60. The van der Waals surface area contributed by atoms with Gasteiger partial charge in [-0.05, 0) is 18.6 Å². The zero-order valence-corrected chi connectivity index (χ0v) is 11.1. The molecule has 0 spiro atoms. The molecule has 0 unspecified atom stereocenters. The number of ether oxygens (including phenoxy) is 2. The van der Waals surface area contributed by atoms with Gasteiger partial charge in [0.15, 0.2) is 0 Å². The van der Waals surface area contributed by atoms with E-state index in [1.807, 2.05) is 26.0 Å². The molecule has 0 radical (unpaired) electrons. The van der Waals surface area contributed by atoms with E-state index in [4.69, 9.17) is 9.47 Å². The van der Waals surface area contributed by atoms with Crippen molar-refractivity contribution in [1.29, 1.82) is 0 Å². The first kappa shape index (κ1) is 13.8. The minimum absolute atomic E-state index is 0.782. The first-order valence-electron chi connectivity index (χ1n) is 6.37. The number of anilines is 1. The molecule has 0 fully saturated rings. The molecule has 0 saturated heterocycles. The van der Waals surface area contributed by atoms with Crippen molar-refractivity contribution in [3.05, 3.63) is 24.3 Å². The second kappa shape index (κ2) is 7.96. The Morgan fingerprint density at radius 2 is 2.06 bits per heavy atom. The van der Waals surface area contributed by atoms with Gasteiger partial charge in [0.25, 0.3) is 0 Å². The summed E-state index contributed by atoms with van der Waals surface area (Å²) in [5.41, 5.74) is 1.21. The molecule has 3 heteroatoms. The van der Waals surface area contributed by atoms with Crippen molar-refractivity contribution < 1.29 is 9.47 Å². The van der Waals surface area contributed by atoms with Gasteiger partial charge in [0, 0.05) is 20.3 Å². The van der Waals surface area contributed by atoms with Gasteiger partial charge in [-0.15, -0.1) is 0 Å². The number of fused-ring (bicyclic) bond motifs is 1. The van der Waals surface area contributed by atoms with Crippen LogP contribution in [-0.2, 0) is 4.74 Å². The van der Waals surface area contributed by atoms with E-state index in [0.717, 1.165) is 38.5 Å². The van der Waals surface area contributed by atoms with Crippen LogP contribution in [-0.4, -0.2) is 33.4 Å². The zero-order valence-electron chi connectivity index (χ0n) is 11.1. The zero-order chi connectivity index (χ0) is 12.5. The van der Waals surface area contributed by atoms with Gasteiger partial charge >= 0.3 is 0 Å². The number of benzene rings is 1. The lowest BCUT2D eigenvalue weighted by Gasteiger charge is -2.31. The molecule has 0 aromatic heterocycles. The average Bonchev–Trinajstić information content (AvgIpc) is 2.42. The molecule has 0 bridgehead atoms. The highest BCUT2D eigenvalue weighted by molar-refractivity contribution is 5.59. The molecule has 17 heavy (non-hydrogen) atoms. The maximum absolute atomic E-state index is 5.59. The normalized spacial score (nSPS) is 13.2. The Labute approximate surface area is 104 Å². The Hall–Kier alpha value is -1.22. The van der Waals surface area contributed by atoms with Gasteiger partial charge in [-0.1, -0.05) is 26.0 Å². The van der Waals surface area contributed by atoms with Gasteiger partial charge in [-0.3, -0.25) is 0 Å². The highest BCUT2D eigenvalue weighted by Gasteiger charge is 2.16. The number of hydrogen-bond donors (Lipinski definition) is 0. The molecule has 0 atom stereocenters. The smallest absolute Gasteiger partial charge is 0.142 e. The predicted octanol–water partition coefficient (Wildman–Crippen LogP) is 2.95. The van der Waals surface area contributed by atoms with Crippen molar-refractivity contribution in [1.82, 2.24) is 0 Å². The molecule has 1 heterocycles. The number of rotatable bonds is 4. The van der Waals surface area contributed by atoms with Crippen LogP contribution in [0.5, 0.6) is 5.75 Å². The van der Waals surface area contributed by atoms with Crippen LogP contribution in [0.15, 0.2) is 24.3 Å². The van der Waals surface area contributed by atoms with Crippen LogP contribution < -0.4 is 9.64 Å². The summed E-state index contributed by atoms with van der Waals surface area (Å²) in [4.78, 5) is 2.36. The van der Waals surface area contributed by atoms with Crippen LogP contribution in [0.4, 0.5) is 5.69 Å². The molecule has 2 rings (SSSR count). The van der Waals surface area contributed by atoms with Gasteiger partial charge in [-0.2, -0.15) is 0 Å². The van der Waals surface area contributed by atoms with E-state index >= 15 is 0 Å². The van der Waals surface area contributed by atoms with Gasteiger partial charge in [-0.25, -0.2) is 0 Å². The summed E-state index contributed by atoms with van der Waals surface area (Å²) in [5.74, 6) is 1.00. The molecule has 0 saturated carbocycles. The topological polar surface area (TPSA) is 21.7 Å². The Kier molecular flexibility index (Phi) is 6.48. The van der Waals surface area contributed by atoms with E-state index in [0.29, 0.717) is 0 Å². The lowest BCUT2D eigenvalue weighted by Crippen LogP contribution is -2.33. The van der Waals surface area contributed by atoms with E-state index in [2.05, 4.69) is 17.0 Å². The van der Waals surface area contributed by atoms with Crippen molar-refractivity contribution in [2.45, 2.75) is 20.3 Å². The molecular formula is C14H23NO2. The lowest BCUT2D eigenvalue weighted by molar-refractivity contribution is 0.195. The van der Waals surface area contributed by atoms with E-state index in [1.165, 1.54) is 5.69 Å². The van der Waals surface area contributed by atoms with Crippen LogP contribution in [0.25, 0.3) is 0 Å². The molecule has 0 amide bonds. The largest absolute Gasteiger partial charge is 0.490 e. The fraction of sp³-hybridized carbons (Fsp3) is 0.571. The minimum Gasteiger partial charge on any atom is -0.490 e. The fourth-order valence-electron chi connectivity index (χ4n) is 1.86. The number of nitrogens with zero attached hydrogens (tertiary/aromatic N) is 1. The molecule has 1 aromatic carbocycles. The van der Waals surface area contributed by atoms with Crippen LogP contribution in [0.2, 0.25) is 0 Å². The monoisotopic (exact) mass is 237 g/mol. The Bertz CT molecular complexity index is 315. The summed E-state index contributed by atoms with van der Waals surface area (Å²) >= 11 is 0. The number of hydrogen-bond acceptors (Lipinski definition) is 3. The summed E-state index contributed by atoms with van der Waals surface area (Å²) in [6.45, 7) is 7.61. The lowest BCUT2D eigenvalue weighted by atomic mass is 10.2. The van der Waals surface area contributed by atoms with Crippen LogP contribution in [0.1, 0.15) is 20.3 Å². The Morgan fingerprint density at radius 1 is 1.29 bits per heavy atom. The highest BCUT2D eigenvalue weighted by atomic mass is 16.5. The molecule has 1 aromatic rings. The molecular weight excluding hydrogens is 214 g/mol. The molecule has 3 nitrogen and oxygen atoms in total. The number of methoxy groups -OCH3 is 1. The summed E-state index contributed by atoms with van der Waals surface area (Å²) in [5, 5.41) is 0. The molecule has 0 aliphatic carbocycles. The fourth-order valence-corrected chi connectivity index (χ4v) is 1.86. The molecule has 1 aliphatic rings. The van der Waals surface area contributed by atoms with E-state index in [1.54, 1.807) is 7.11 Å². The first-order valence-corrected chi connectivity index (χ1v) is 6.37. The maximum atomic E-state index is 5.59. The number of para-hydroxylation sites is 2. The van der Waals surface area contributed by atoms with Crippen molar-refractivity contribution in [3.63, 3.8) is 0 Å². The van der Waals surface area contributed by atoms with Crippen molar-refractivity contribution in [2.75, 3.05) is 38.3 Å². The SMILES string of the molecule is CC.COCCCN1CCOc2ccccc21. The van der Waals surface area contributed by atoms with Gasteiger partial charge in [0.05, 0.1) is 12.2 Å². The predicted molar refractivity (Wildman–Crippen MR) is 72.0 cm³/mol. The second-order valence-corrected chi connectivity index (χ2v) is 3.65. The Morgan fingerprint density at radius 3 is 2.82 bits per heavy atom. The van der Waals surface area contributed by atoms with Crippen LogP contribution in [0.3, 0.4) is 0 Å². The molecule has 96 valence electrons. The van der Waals surface area contributed by atoms with Gasteiger partial charge < -0.3 is 14.4 Å². The minimum atomic E-state index is 0.782. The van der Waals surface area contributed by atoms with Crippen molar-refractivity contribution in [2.24, 2.45) is 0 Å². The summed E-state index contributed by atoms with van der Waals surface area (Å²) in [7, 11) is 1.74. The van der Waals surface area contributed by atoms with Gasteiger partial charge in [0.1, 0.15) is 12.4 Å². The molecule has 1 aliphatic heterocycles. The van der Waals surface area contributed by atoms with Crippen molar-refractivity contribution in [3.8, 4) is 5.75 Å². The average molecular weight is 237 g/mol. The summed E-state index contributed by atoms with van der Waals surface area (Å²) < 4.78 is 10.7. The van der Waals surface area contributed by atoms with Crippen LogP contribution >= 0.6 is 0 Å². The van der Waals surface area contributed by atoms with E-state index < -0.39 is 0 Å². The summed E-state index contributed by atoms with van der Waals surface area (Å²) in [6, 6.07) is 8.20. The maximum Gasteiger partial charge on any atom is 0.142 e. The third kappa shape index (κ3) is 3.93. The quantitative estimate of drug-likeness (QED) is 0.751. The van der Waals surface area contributed by atoms with Crippen LogP contribution in [0, 0.1) is 0 Å². The third-order valence-electron chi connectivity index (χ3n) is 2.60. The van der Waals surface area contributed by atoms with E-state index in [9.17, 15) is 0 Å². The van der Waals surface area contributed by atoms with Crippen molar-refractivity contribution >= 4 is 5.69 Å². The van der Waals surface area contributed by atoms with Gasteiger partial charge in [0.2, 0.25) is 0 Å². The second-order valence-electron chi connectivity index (χ2n) is 3.65. The summed E-state index contributed by atoms with van der Waals surface area (Å²) in [6.07, 6.45) is 1.06. The Balaban J connectivity index is 0.000000686. The highest BCUT2D eigenvalue weighted by Crippen LogP contribution is 2.30. The first-order chi connectivity index (χ1) is 8.42. The standard InChI is InChI=1S/C12H17NO2.C2H6/c1-14-9-4-7-13-8-10-15-12-6-3-2-5-11(12)13;1-2/h2-3,5-6H,4,7-10H2,1H3;1-2H3. The van der Waals surface area contributed by atoms with E-state index in [-0.39, 0.29) is 0 Å².